The van der Waals surface area contributed by atoms with Crippen LogP contribution in [-0.4, -0.2) is 25.7 Å². The monoisotopic (exact) mass is 308 g/mol. The second kappa shape index (κ2) is 5.98. The number of halogens is 1. The van der Waals surface area contributed by atoms with Gasteiger partial charge in [0.25, 0.3) is 0 Å². The zero-order valence-corrected chi connectivity index (χ0v) is 11.7. The van der Waals surface area contributed by atoms with E-state index in [2.05, 4.69) is 4.74 Å². The van der Waals surface area contributed by atoms with Gasteiger partial charge in [-0.2, -0.15) is 8.42 Å². The maximum Gasteiger partial charge on any atom is 0.422 e. The molecule has 0 bridgehead atoms. The lowest BCUT2D eigenvalue weighted by Gasteiger charge is -2.12. The maximum atomic E-state index is 11.6. The standard InChI is InChI=1S/C10H13ClN2O5S/c1-6(2)18-10(15)13-19(16,17)12-8-4-3-7(11)5-9(8)14/h3-6,12,14H,1-2H3,(H,13,15). The van der Waals surface area contributed by atoms with Crippen molar-refractivity contribution in [3.63, 3.8) is 0 Å². The number of aromatic hydroxyl groups is 1. The molecular weight excluding hydrogens is 296 g/mol. The van der Waals surface area contributed by atoms with Gasteiger partial charge in [-0.3, -0.25) is 4.72 Å². The summed E-state index contributed by atoms with van der Waals surface area (Å²) >= 11 is 5.60. The van der Waals surface area contributed by atoms with Crippen molar-refractivity contribution < 1.29 is 23.1 Å². The third-order valence-corrected chi connectivity index (χ3v) is 2.92. The molecule has 0 saturated carbocycles. The van der Waals surface area contributed by atoms with Crippen LogP contribution in [-0.2, 0) is 14.9 Å². The Hall–Kier alpha value is -1.67. The average molecular weight is 309 g/mol. The molecular formula is C10H13ClN2O5S. The van der Waals surface area contributed by atoms with Crippen molar-refractivity contribution in [2.75, 3.05) is 4.72 Å². The Balaban J connectivity index is 2.77. The zero-order valence-electron chi connectivity index (χ0n) is 10.2. The Bertz CT molecular complexity index is 573. The van der Waals surface area contributed by atoms with E-state index in [0.717, 1.165) is 6.07 Å². The molecule has 0 fully saturated rings. The number of nitrogens with one attached hydrogen (secondary N) is 2. The normalized spacial score (nSPS) is 11.2. The van der Waals surface area contributed by atoms with E-state index in [0.29, 0.717) is 0 Å². The number of benzene rings is 1. The van der Waals surface area contributed by atoms with E-state index in [1.807, 2.05) is 4.72 Å². The minimum atomic E-state index is -4.19. The van der Waals surface area contributed by atoms with Gasteiger partial charge in [-0.25, -0.2) is 9.52 Å². The molecule has 0 unspecified atom stereocenters. The Morgan fingerprint density at radius 2 is 2.05 bits per heavy atom. The van der Waals surface area contributed by atoms with Gasteiger partial charge in [0, 0.05) is 11.1 Å². The molecule has 7 nitrogen and oxygen atoms in total. The van der Waals surface area contributed by atoms with Gasteiger partial charge < -0.3 is 9.84 Å². The van der Waals surface area contributed by atoms with Crippen LogP contribution in [0.4, 0.5) is 10.5 Å². The van der Waals surface area contributed by atoms with Crippen LogP contribution in [0.2, 0.25) is 5.02 Å². The number of phenols is 1. The molecule has 106 valence electrons. The van der Waals surface area contributed by atoms with Gasteiger partial charge in [0.15, 0.2) is 0 Å². The molecule has 9 heteroatoms. The fourth-order valence-electron chi connectivity index (χ4n) is 1.11. The molecule has 3 N–H and O–H groups in total. The Labute approximate surface area is 115 Å². The first-order chi connectivity index (χ1) is 8.69. The Morgan fingerprint density at radius 3 is 2.58 bits per heavy atom. The highest BCUT2D eigenvalue weighted by molar-refractivity contribution is 7.91. The molecule has 1 aromatic rings. The number of rotatable bonds is 4. The number of anilines is 1. The summed E-state index contributed by atoms with van der Waals surface area (Å²) in [5.74, 6) is -0.366. The molecule has 1 rings (SSSR count). The lowest BCUT2D eigenvalue weighted by atomic mass is 10.3. The van der Waals surface area contributed by atoms with Gasteiger partial charge in [-0.1, -0.05) is 11.6 Å². The number of carbonyl (C=O) groups excluding carboxylic acids is 1. The van der Waals surface area contributed by atoms with Crippen molar-refractivity contribution in [2.45, 2.75) is 20.0 Å². The van der Waals surface area contributed by atoms with Crippen molar-refractivity contribution in [2.24, 2.45) is 0 Å². The summed E-state index contributed by atoms with van der Waals surface area (Å²) in [6.07, 6.45) is -1.57. The summed E-state index contributed by atoms with van der Waals surface area (Å²) in [6, 6.07) is 3.79. The first-order valence-electron chi connectivity index (χ1n) is 5.19. The lowest BCUT2D eigenvalue weighted by Crippen LogP contribution is -2.36. The quantitative estimate of drug-likeness (QED) is 0.736. The van der Waals surface area contributed by atoms with E-state index in [9.17, 15) is 18.3 Å². The highest BCUT2D eigenvalue weighted by Crippen LogP contribution is 2.27. The van der Waals surface area contributed by atoms with Crippen LogP contribution < -0.4 is 9.44 Å². The van der Waals surface area contributed by atoms with E-state index >= 15 is 0 Å². The van der Waals surface area contributed by atoms with Crippen LogP contribution >= 0.6 is 11.6 Å². The van der Waals surface area contributed by atoms with E-state index in [1.165, 1.54) is 12.1 Å². The fourth-order valence-corrected chi connectivity index (χ4v) is 2.06. The third-order valence-electron chi connectivity index (χ3n) is 1.76. The van der Waals surface area contributed by atoms with Crippen LogP contribution in [0.3, 0.4) is 0 Å². The number of hydrogen-bond donors (Lipinski definition) is 3. The van der Waals surface area contributed by atoms with Crippen LogP contribution in [0.25, 0.3) is 0 Å². The Kier molecular flexibility index (Phi) is 4.84. The number of phenolic OH excluding ortho intramolecular Hbond substituents is 1. The number of carbonyl (C=O) groups is 1. The molecule has 0 atom stereocenters. The molecule has 19 heavy (non-hydrogen) atoms. The number of hydrogen-bond acceptors (Lipinski definition) is 5. The fraction of sp³-hybridized carbons (Fsp3) is 0.300. The summed E-state index contributed by atoms with van der Waals surface area (Å²) in [7, 11) is -4.19. The topological polar surface area (TPSA) is 105 Å². The maximum absolute atomic E-state index is 11.6. The molecule has 0 aromatic heterocycles. The largest absolute Gasteiger partial charge is 0.506 e. The summed E-state index contributed by atoms with van der Waals surface area (Å²) in [4.78, 5) is 11.2. The van der Waals surface area contributed by atoms with E-state index in [4.69, 9.17) is 11.6 Å². The summed E-state index contributed by atoms with van der Waals surface area (Å²) in [5.41, 5.74) is -0.116. The third kappa shape index (κ3) is 5.23. The van der Waals surface area contributed by atoms with Crippen LogP contribution in [0, 0.1) is 0 Å². The predicted molar refractivity (Wildman–Crippen MR) is 70.4 cm³/mol. The highest BCUT2D eigenvalue weighted by atomic mass is 35.5. The summed E-state index contributed by atoms with van der Waals surface area (Å²) < 4.78 is 31.3. The van der Waals surface area contributed by atoms with Crippen LogP contribution in [0.5, 0.6) is 5.75 Å². The number of ether oxygens (including phenoxy) is 1. The van der Waals surface area contributed by atoms with Gasteiger partial charge in [0.1, 0.15) is 5.75 Å². The van der Waals surface area contributed by atoms with E-state index in [-0.39, 0.29) is 16.5 Å². The second-order valence-corrected chi connectivity index (χ2v) is 5.67. The second-order valence-electron chi connectivity index (χ2n) is 3.82. The lowest BCUT2D eigenvalue weighted by molar-refractivity contribution is 0.121. The molecule has 0 radical (unpaired) electrons. The average Bonchev–Trinajstić information content (AvgIpc) is 2.19. The van der Waals surface area contributed by atoms with Crippen LogP contribution in [0.1, 0.15) is 13.8 Å². The molecule has 0 aliphatic carbocycles. The van der Waals surface area contributed by atoms with E-state index < -0.39 is 22.4 Å². The summed E-state index contributed by atoms with van der Waals surface area (Å²) in [5, 5.41) is 9.72. The van der Waals surface area contributed by atoms with Gasteiger partial charge >= 0.3 is 16.3 Å². The molecule has 0 saturated heterocycles. The minimum Gasteiger partial charge on any atom is -0.506 e. The number of amides is 1. The van der Waals surface area contributed by atoms with Crippen molar-refractivity contribution in [1.82, 2.24) is 4.72 Å². The minimum absolute atomic E-state index is 0.116. The van der Waals surface area contributed by atoms with E-state index in [1.54, 1.807) is 18.6 Å². The van der Waals surface area contributed by atoms with Gasteiger partial charge in [0.2, 0.25) is 0 Å². The highest BCUT2D eigenvalue weighted by Gasteiger charge is 2.17. The molecule has 0 aliphatic heterocycles. The van der Waals surface area contributed by atoms with Crippen molar-refractivity contribution in [3.8, 4) is 5.75 Å². The molecule has 1 aromatic carbocycles. The first kappa shape index (κ1) is 15.4. The van der Waals surface area contributed by atoms with Gasteiger partial charge in [-0.05, 0) is 26.0 Å². The molecule has 0 heterocycles. The van der Waals surface area contributed by atoms with Crippen LogP contribution in [0.15, 0.2) is 18.2 Å². The molecule has 0 aliphatic rings. The van der Waals surface area contributed by atoms with Crippen molar-refractivity contribution >= 4 is 33.6 Å². The Morgan fingerprint density at radius 1 is 1.42 bits per heavy atom. The summed E-state index contributed by atoms with van der Waals surface area (Å²) in [6.45, 7) is 3.15. The molecule has 1 amide bonds. The first-order valence-corrected chi connectivity index (χ1v) is 7.05. The predicted octanol–water partition coefficient (Wildman–Crippen LogP) is 1.84. The molecule has 0 spiro atoms. The van der Waals surface area contributed by atoms with Gasteiger partial charge in [-0.15, -0.1) is 0 Å². The SMILES string of the molecule is CC(C)OC(=O)NS(=O)(=O)Nc1ccc(Cl)cc1O. The van der Waals surface area contributed by atoms with Crippen molar-refractivity contribution in [1.29, 1.82) is 0 Å². The van der Waals surface area contributed by atoms with Gasteiger partial charge in [0.05, 0.1) is 11.8 Å². The zero-order chi connectivity index (χ0) is 14.6. The smallest absolute Gasteiger partial charge is 0.422 e. The van der Waals surface area contributed by atoms with Crippen molar-refractivity contribution in [3.05, 3.63) is 23.2 Å².